The summed E-state index contributed by atoms with van der Waals surface area (Å²) in [7, 11) is 0. The standard InChI is InChI=1S/C30H43NO/c1-28-10-3-4-25(28)24-8-7-23-6-5-22(18-29(23,2)26(24)9-11-28)27(32)31-30-15-19-12-20(16-30)14-21(13-19)17-30/h5-7,19-22,24-26H,3-4,8-18H2,1-2H3,(H,31,32)/t19?,20?,21?,22?,24-,25-,26+,28-,29-,30?/m0/s1. The Labute approximate surface area is 195 Å². The zero-order chi connectivity index (χ0) is 21.7. The van der Waals surface area contributed by atoms with Crippen LogP contribution in [-0.4, -0.2) is 11.4 Å². The van der Waals surface area contributed by atoms with Gasteiger partial charge >= 0.3 is 0 Å². The molecule has 0 aromatic carbocycles. The highest BCUT2D eigenvalue weighted by Crippen LogP contribution is 2.64. The minimum atomic E-state index is 0.0702. The first-order valence-electron chi connectivity index (χ1n) is 14.1. The van der Waals surface area contributed by atoms with Crippen LogP contribution in [0, 0.1) is 52.3 Å². The molecule has 0 saturated heterocycles. The van der Waals surface area contributed by atoms with Crippen molar-refractivity contribution in [1.82, 2.24) is 5.32 Å². The van der Waals surface area contributed by atoms with E-state index >= 15 is 0 Å². The second kappa shape index (κ2) is 6.76. The summed E-state index contributed by atoms with van der Waals surface area (Å²) in [6.45, 7) is 5.12. The van der Waals surface area contributed by atoms with Gasteiger partial charge in [0.05, 0.1) is 5.92 Å². The molecular weight excluding hydrogens is 390 g/mol. The molecule has 2 heteroatoms. The fourth-order valence-electron chi connectivity index (χ4n) is 11.2. The topological polar surface area (TPSA) is 29.1 Å². The Kier molecular flexibility index (Phi) is 4.29. The molecule has 32 heavy (non-hydrogen) atoms. The molecule has 6 fully saturated rings. The van der Waals surface area contributed by atoms with Crippen molar-refractivity contribution in [1.29, 1.82) is 0 Å². The number of allylic oxidation sites excluding steroid dienone is 3. The maximum atomic E-state index is 13.7. The zero-order valence-corrected chi connectivity index (χ0v) is 20.4. The van der Waals surface area contributed by atoms with Crippen LogP contribution in [0.3, 0.4) is 0 Å². The molecule has 8 rings (SSSR count). The van der Waals surface area contributed by atoms with Gasteiger partial charge in [0.2, 0.25) is 5.91 Å². The largest absolute Gasteiger partial charge is 0.350 e. The molecule has 6 saturated carbocycles. The summed E-state index contributed by atoms with van der Waals surface area (Å²) in [5, 5.41) is 3.71. The Morgan fingerprint density at radius 3 is 2.38 bits per heavy atom. The van der Waals surface area contributed by atoms with E-state index < -0.39 is 0 Å². The molecule has 2 nitrogen and oxygen atoms in total. The lowest BCUT2D eigenvalue weighted by Gasteiger charge is -2.58. The summed E-state index contributed by atoms with van der Waals surface area (Å²) >= 11 is 0. The van der Waals surface area contributed by atoms with Crippen LogP contribution in [0.1, 0.15) is 97.3 Å². The summed E-state index contributed by atoms with van der Waals surface area (Å²) in [6.07, 6.45) is 24.8. The SMILES string of the molecule is C[C@@]12CCC[C@H]1[C@@H]1CC=C3C=CC(C(=O)NC45CC6CC(CC(C6)C4)C5)C[C@]3(C)[C@@H]1CC2. The highest BCUT2D eigenvalue weighted by Gasteiger charge is 2.56. The van der Waals surface area contributed by atoms with Crippen molar-refractivity contribution in [3.05, 3.63) is 23.8 Å². The third kappa shape index (κ3) is 2.86. The normalized spacial score (nSPS) is 55.1. The van der Waals surface area contributed by atoms with E-state index in [4.69, 9.17) is 0 Å². The number of nitrogens with one attached hydrogen (secondary N) is 1. The lowest BCUT2D eigenvalue weighted by molar-refractivity contribution is -0.131. The lowest BCUT2D eigenvalue weighted by Crippen LogP contribution is -2.61. The fourth-order valence-corrected chi connectivity index (χ4v) is 11.2. The molecule has 8 aliphatic rings. The van der Waals surface area contributed by atoms with Crippen LogP contribution < -0.4 is 5.32 Å². The third-order valence-electron chi connectivity index (χ3n) is 12.2. The van der Waals surface area contributed by atoms with E-state index in [1.54, 1.807) is 5.57 Å². The molecule has 1 amide bonds. The quantitative estimate of drug-likeness (QED) is 0.509. The maximum absolute atomic E-state index is 13.7. The van der Waals surface area contributed by atoms with Crippen LogP contribution in [0.4, 0.5) is 0 Å². The van der Waals surface area contributed by atoms with Gasteiger partial charge in [-0.15, -0.1) is 0 Å². The van der Waals surface area contributed by atoms with E-state index in [2.05, 4.69) is 37.4 Å². The Bertz CT molecular complexity index is 848. The number of amides is 1. The van der Waals surface area contributed by atoms with Crippen LogP contribution in [0.25, 0.3) is 0 Å². The first-order chi connectivity index (χ1) is 15.4. The minimum absolute atomic E-state index is 0.0702. The monoisotopic (exact) mass is 433 g/mol. The molecule has 6 atom stereocenters. The highest BCUT2D eigenvalue weighted by molar-refractivity contribution is 5.82. The van der Waals surface area contributed by atoms with E-state index in [1.807, 2.05) is 0 Å². The third-order valence-corrected chi connectivity index (χ3v) is 12.2. The van der Waals surface area contributed by atoms with E-state index in [-0.39, 0.29) is 16.9 Å². The first kappa shape index (κ1) is 20.3. The molecule has 1 N–H and O–H groups in total. The molecule has 0 radical (unpaired) electrons. The number of hydrogen-bond donors (Lipinski definition) is 1. The van der Waals surface area contributed by atoms with Crippen LogP contribution >= 0.6 is 0 Å². The number of rotatable bonds is 2. The van der Waals surface area contributed by atoms with Gasteiger partial charge in [0.25, 0.3) is 0 Å². The number of fused-ring (bicyclic) bond motifs is 5. The van der Waals surface area contributed by atoms with Gasteiger partial charge in [-0.1, -0.05) is 38.5 Å². The lowest BCUT2D eigenvalue weighted by atomic mass is 9.48. The Hall–Kier alpha value is -1.05. The maximum Gasteiger partial charge on any atom is 0.227 e. The van der Waals surface area contributed by atoms with Crippen molar-refractivity contribution < 1.29 is 4.79 Å². The molecular formula is C30H43NO. The van der Waals surface area contributed by atoms with Crippen molar-refractivity contribution in [3.8, 4) is 0 Å². The molecule has 8 aliphatic carbocycles. The first-order valence-corrected chi connectivity index (χ1v) is 14.1. The molecule has 0 aliphatic heterocycles. The summed E-state index contributed by atoms with van der Waals surface area (Å²) < 4.78 is 0. The van der Waals surface area contributed by atoms with Crippen LogP contribution in [0.15, 0.2) is 23.8 Å². The van der Waals surface area contributed by atoms with Crippen molar-refractivity contribution in [2.24, 2.45) is 52.3 Å². The van der Waals surface area contributed by atoms with Gasteiger partial charge in [0, 0.05) is 5.54 Å². The van der Waals surface area contributed by atoms with E-state index in [0.717, 1.165) is 41.9 Å². The second-order valence-corrected chi connectivity index (χ2v) is 14.1. The molecule has 4 bridgehead atoms. The van der Waals surface area contributed by atoms with Crippen LogP contribution in [0.5, 0.6) is 0 Å². The number of carbonyl (C=O) groups is 1. The van der Waals surface area contributed by atoms with Gasteiger partial charge in [-0.2, -0.15) is 0 Å². The summed E-state index contributed by atoms with van der Waals surface area (Å²) in [4.78, 5) is 13.7. The van der Waals surface area contributed by atoms with Crippen molar-refractivity contribution in [2.75, 3.05) is 0 Å². The number of hydrogen-bond acceptors (Lipinski definition) is 1. The number of carbonyl (C=O) groups excluding carboxylic acids is 1. The van der Waals surface area contributed by atoms with Gasteiger partial charge in [0.1, 0.15) is 0 Å². The van der Waals surface area contributed by atoms with Crippen molar-refractivity contribution in [3.63, 3.8) is 0 Å². The van der Waals surface area contributed by atoms with Crippen LogP contribution in [0.2, 0.25) is 0 Å². The van der Waals surface area contributed by atoms with Gasteiger partial charge in [0.15, 0.2) is 0 Å². The smallest absolute Gasteiger partial charge is 0.227 e. The van der Waals surface area contributed by atoms with Gasteiger partial charge in [-0.3, -0.25) is 4.79 Å². The predicted octanol–water partition coefficient (Wildman–Crippen LogP) is 6.82. The molecule has 0 heterocycles. The zero-order valence-electron chi connectivity index (χ0n) is 20.4. The average molecular weight is 434 g/mol. The second-order valence-electron chi connectivity index (χ2n) is 14.1. The fraction of sp³-hybridized carbons (Fsp3) is 0.833. The minimum Gasteiger partial charge on any atom is -0.350 e. The molecule has 0 spiro atoms. The predicted molar refractivity (Wildman–Crippen MR) is 129 cm³/mol. The summed E-state index contributed by atoms with van der Waals surface area (Å²) in [6, 6.07) is 0. The van der Waals surface area contributed by atoms with Crippen molar-refractivity contribution in [2.45, 2.75) is 103 Å². The molecule has 0 aromatic rings. The van der Waals surface area contributed by atoms with Crippen LogP contribution in [-0.2, 0) is 4.79 Å². The van der Waals surface area contributed by atoms with E-state index in [0.29, 0.717) is 11.3 Å². The average Bonchev–Trinajstić information content (AvgIpc) is 3.13. The summed E-state index contributed by atoms with van der Waals surface area (Å²) in [5.74, 6) is 5.63. The van der Waals surface area contributed by atoms with E-state index in [9.17, 15) is 4.79 Å². The van der Waals surface area contributed by atoms with Gasteiger partial charge in [-0.05, 0) is 129 Å². The molecule has 1 unspecified atom stereocenters. The molecule has 0 aromatic heterocycles. The van der Waals surface area contributed by atoms with Gasteiger partial charge in [-0.25, -0.2) is 0 Å². The molecule has 174 valence electrons. The Balaban J connectivity index is 1.12. The highest BCUT2D eigenvalue weighted by atomic mass is 16.2. The van der Waals surface area contributed by atoms with E-state index in [1.165, 1.54) is 77.0 Å². The van der Waals surface area contributed by atoms with Gasteiger partial charge < -0.3 is 5.32 Å². The Morgan fingerprint density at radius 2 is 1.66 bits per heavy atom. The summed E-state index contributed by atoms with van der Waals surface area (Å²) in [5.41, 5.74) is 2.50. The Morgan fingerprint density at radius 1 is 0.938 bits per heavy atom. The van der Waals surface area contributed by atoms with Crippen molar-refractivity contribution >= 4 is 5.91 Å².